The minimum absolute atomic E-state index is 0.0280. The van der Waals surface area contributed by atoms with Gasteiger partial charge < -0.3 is 19.1 Å². The second-order valence-corrected chi connectivity index (χ2v) is 9.05. The molecule has 34 heavy (non-hydrogen) atoms. The molecule has 1 aromatic heterocycles. The number of hydrogen-bond donors (Lipinski definition) is 3. The Bertz CT molecular complexity index is 1220. The van der Waals surface area contributed by atoms with Crippen LogP contribution in [0.2, 0.25) is 0 Å². The van der Waals surface area contributed by atoms with Crippen molar-refractivity contribution < 1.29 is 33.0 Å². The third-order valence-corrected chi connectivity index (χ3v) is 6.57. The van der Waals surface area contributed by atoms with E-state index in [1.54, 1.807) is 30.3 Å². The minimum atomic E-state index is -4.15. The van der Waals surface area contributed by atoms with Gasteiger partial charge >= 0.3 is 19.4 Å². The van der Waals surface area contributed by atoms with Crippen LogP contribution in [0.5, 0.6) is 5.75 Å². The molecule has 1 aliphatic rings. The van der Waals surface area contributed by atoms with E-state index in [1.807, 2.05) is 0 Å². The molecule has 0 saturated carbocycles. The summed E-state index contributed by atoms with van der Waals surface area (Å²) < 4.78 is 35.8. The van der Waals surface area contributed by atoms with Crippen LogP contribution in [0.25, 0.3) is 0 Å². The van der Waals surface area contributed by atoms with Crippen molar-refractivity contribution in [2.45, 2.75) is 37.8 Å². The van der Waals surface area contributed by atoms with Gasteiger partial charge in [0.05, 0.1) is 19.8 Å². The fraction of sp³-hybridized carbons (Fsp3) is 0.381. The van der Waals surface area contributed by atoms with Gasteiger partial charge in [-0.3, -0.25) is 23.7 Å². The number of terminal acetylenes is 1. The Kier molecular flexibility index (Phi) is 8.09. The smallest absolute Gasteiger partial charge is 0.459 e. The average molecular weight is 493 g/mol. The lowest BCUT2D eigenvalue weighted by molar-refractivity contribution is -0.142. The van der Waals surface area contributed by atoms with E-state index in [0.29, 0.717) is 0 Å². The first-order chi connectivity index (χ1) is 16.2. The first-order valence-electron chi connectivity index (χ1n) is 10.2. The maximum Gasteiger partial charge on any atom is 0.459 e. The van der Waals surface area contributed by atoms with Crippen LogP contribution >= 0.6 is 7.75 Å². The zero-order valence-electron chi connectivity index (χ0n) is 18.4. The van der Waals surface area contributed by atoms with Crippen LogP contribution < -0.4 is 20.9 Å². The lowest BCUT2D eigenvalue weighted by Crippen LogP contribution is -2.36. The van der Waals surface area contributed by atoms with E-state index in [0.717, 1.165) is 10.8 Å². The Hall–Kier alpha value is -3.20. The Balaban J connectivity index is 1.75. The number of H-pyrrole nitrogens is 1. The molecule has 0 radical (unpaired) electrons. The summed E-state index contributed by atoms with van der Waals surface area (Å²) in [5, 5.41) is 12.9. The van der Waals surface area contributed by atoms with Crippen molar-refractivity contribution in [2.24, 2.45) is 0 Å². The number of nitrogens with zero attached hydrogens (tertiary/aromatic N) is 1. The number of methoxy groups -OCH3 is 1. The van der Waals surface area contributed by atoms with Gasteiger partial charge in [-0.15, -0.1) is 6.42 Å². The summed E-state index contributed by atoms with van der Waals surface area (Å²) >= 11 is 0. The second kappa shape index (κ2) is 10.8. The second-order valence-electron chi connectivity index (χ2n) is 7.36. The molecule has 2 aromatic rings. The van der Waals surface area contributed by atoms with Crippen molar-refractivity contribution >= 4 is 13.7 Å². The quantitative estimate of drug-likeness (QED) is 0.255. The number of ether oxygens (including phenoxy) is 2. The predicted octanol–water partition coefficient (Wildman–Crippen LogP) is 0.521. The first kappa shape index (κ1) is 25.4. The Morgan fingerprint density at radius 1 is 1.41 bits per heavy atom. The van der Waals surface area contributed by atoms with Crippen molar-refractivity contribution in [3.8, 4) is 18.1 Å². The van der Waals surface area contributed by atoms with Crippen LogP contribution in [-0.4, -0.2) is 52.6 Å². The van der Waals surface area contributed by atoms with E-state index in [1.165, 1.54) is 14.0 Å². The number of aromatic nitrogens is 2. The van der Waals surface area contributed by atoms with Gasteiger partial charge in [0.25, 0.3) is 5.56 Å². The Morgan fingerprint density at radius 3 is 2.76 bits per heavy atom. The van der Waals surface area contributed by atoms with Crippen LogP contribution in [0.15, 0.2) is 46.1 Å². The molecule has 1 aromatic carbocycles. The minimum Gasteiger partial charge on any atom is -0.468 e. The monoisotopic (exact) mass is 493 g/mol. The highest BCUT2D eigenvalue weighted by molar-refractivity contribution is 7.52. The number of esters is 1. The molecule has 0 aliphatic carbocycles. The Labute approximate surface area is 194 Å². The van der Waals surface area contributed by atoms with Crippen molar-refractivity contribution in [3.63, 3.8) is 0 Å². The van der Waals surface area contributed by atoms with E-state index < -0.39 is 56.0 Å². The van der Waals surface area contributed by atoms with Gasteiger partial charge in [0, 0.05) is 12.6 Å². The largest absolute Gasteiger partial charge is 0.468 e. The fourth-order valence-electron chi connectivity index (χ4n) is 3.19. The number of carbonyl (C=O) groups excluding carboxylic acids is 1. The molecule has 12 nitrogen and oxygen atoms in total. The lowest BCUT2D eigenvalue weighted by atomic mass is 10.2. The summed E-state index contributed by atoms with van der Waals surface area (Å²) in [6.07, 6.45) is 3.32. The standard InChI is InChI=1S/C21H24N3O9P/c1-4-14-11-24(21(28)22-19(14)26)18-10-16(25)17(32-18)12-31-34(29,23-13(2)20(27)30-3)33-15-8-6-5-7-9-15/h1,5-9,11,13,16-18,25H,10,12H2,2-3H3,(H,23,29)(H,22,26,28)/t13-,16+,17+,18+,34?/m0/s1. The molecule has 3 N–H and O–H groups in total. The highest BCUT2D eigenvalue weighted by Crippen LogP contribution is 2.45. The number of carbonyl (C=O) groups is 1. The first-order valence-corrected chi connectivity index (χ1v) is 11.7. The molecule has 0 bridgehead atoms. The average Bonchev–Trinajstić information content (AvgIpc) is 3.18. The number of aliphatic hydroxyl groups is 1. The SMILES string of the molecule is C#Cc1cn([C@H]2C[C@@H](O)[C@@H](COP(=O)(N[C@@H](C)C(=O)OC)Oc3ccccc3)O2)c(=O)[nH]c1=O. The molecular formula is C21H24N3O9P. The summed E-state index contributed by atoms with van der Waals surface area (Å²) in [5.41, 5.74) is -1.57. The van der Waals surface area contributed by atoms with Crippen LogP contribution in [0.4, 0.5) is 0 Å². The molecule has 1 fully saturated rings. The highest BCUT2D eigenvalue weighted by Gasteiger charge is 2.39. The predicted molar refractivity (Wildman–Crippen MR) is 119 cm³/mol. The molecular weight excluding hydrogens is 469 g/mol. The van der Waals surface area contributed by atoms with Gasteiger partial charge in [0.2, 0.25) is 0 Å². The maximum atomic E-state index is 13.4. The van der Waals surface area contributed by atoms with E-state index in [2.05, 4.69) is 20.7 Å². The number of benzene rings is 1. The van der Waals surface area contributed by atoms with Gasteiger partial charge in [-0.1, -0.05) is 24.1 Å². The van der Waals surface area contributed by atoms with Crippen LogP contribution in [0.1, 0.15) is 25.1 Å². The number of aromatic amines is 1. The summed E-state index contributed by atoms with van der Waals surface area (Å²) in [6, 6.07) is 7.10. The Morgan fingerprint density at radius 2 is 2.12 bits per heavy atom. The normalized spacial score (nSPS) is 22.4. The molecule has 182 valence electrons. The molecule has 1 aliphatic heterocycles. The molecule has 0 amide bonds. The summed E-state index contributed by atoms with van der Waals surface area (Å²) in [4.78, 5) is 37.7. The van der Waals surface area contributed by atoms with Crippen molar-refractivity contribution in [1.29, 1.82) is 0 Å². The molecule has 1 unspecified atom stereocenters. The number of hydrogen-bond acceptors (Lipinski definition) is 9. The highest BCUT2D eigenvalue weighted by atomic mass is 31.2. The number of nitrogens with one attached hydrogen (secondary N) is 2. The van der Waals surface area contributed by atoms with Gasteiger partial charge in [0.15, 0.2) is 0 Å². The topological polar surface area (TPSA) is 158 Å². The van der Waals surface area contributed by atoms with Crippen molar-refractivity contribution in [1.82, 2.24) is 14.6 Å². The third kappa shape index (κ3) is 6.02. The summed E-state index contributed by atoms with van der Waals surface area (Å²) in [6.45, 7) is 1.00. The molecule has 2 heterocycles. The molecule has 3 rings (SSSR count). The number of aliphatic hydroxyl groups excluding tert-OH is 1. The molecule has 5 atom stereocenters. The van der Waals surface area contributed by atoms with Gasteiger partial charge in [0.1, 0.15) is 29.7 Å². The van der Waals surface area contributed by atoms with Crippen LogP contribution in [0, 0.1) is 12.3 Å². The molecule has 0 spiro atoms. The molecule has 1 saturated heterocycles. The van der Waals surface area contributed by atoms with Gasteiger partial charge in [-0.2, -0.15) is 5.09 Å². The van der Waals surface area contributed by atoms with Gasteiger partial charge in [-0.25, -0.2) is 9.36 Å². The van der Waals surface area contributed by atoms with E-state index in [9.17, 15) is 24.1 Å². The van der Waals surface area contributed by atoms with Crippen LogP contribution in [-0.2, 0) is 23.4 Å². The maximum absolute atomic E-state index is 13.4. The van der Waals surface area contributed by atoms with Crippen molar-refractivity contribution in [3.05, 3.63) is 62.9 Å². The van der Waals surface area contributed by atoms with E-state index in [-0.39, 0.29) is 17.7 Å². The van der Waals surface area contributed by atoms with Crippen LogP contribution in [0.3, 0.4) is 0 Å². The number of para-hydroxylation sites is 1. The lowest BCUT2D eigenvalue weighted by Gasteiger charge is -2.24. The fourth-order valence-corrected chi connectivity index (χ4v) is 4.69. The number of rotatable bonds is 9. The third-order valence-electron chi connectivity index (χ3n) is 4.92. The zero-order chi connectivity index (χ0) is 24.9. The molecule has 13 heteroatoms. The van der Waals surface area contributed by atoms with E-state index >= 15 is 0 Å². The van der Waals surface area contributed by atoms with E-state index in [4.69, 9.17) is 20.2 Å². The summed E-state index contributed by atoms with van der Waals surface area (Å²) in [7, 11) is -2.97. The summed E-state index contributed by atoms with van der Waals surface area (Å²) in [5.74, 6) is 1.68. The van der Waals surface area contributed by atoms with Gasteiger partial charge in [-0.05, 0) is 19.1 Å². The zero-order valence-corrected chi connectivity index (χ0v) is 19.3. The van der Waals surface area contributed by atoms with Crippen molar-refractivity contribution in [2.75, 3.05) is 13.7 Å².